The van der Waals surface area contributed by atoms with E-state index in [2.05, 4.69) is 20.8 Å². The maximum absolute atomic E-state index is 11.9. The molecule has 0 radical (unpaired) electrons. The van der Waals surface area contributed by atoms with Crippen molar-refractivity contribution in [3.05, 3.63) is 24.3 Å². The minimum absolute atomic E-state index is 0.129. The third-order valence-corrected chi connectivity index (χ3v) is 4.71. The van der Waals surface area contributed by atoms with E-state index in [1.54, 1.807) is 11.3 Å². The van der Waals surface area contributed by atoms with Gasteiger partial charge in [-0.2, -0.15) is 5.10 Å². The molecule has 116 valence electrons. The fourth-order valence-corrected chi connectivity index (χ4v) is 3.39. The van der Waals surface area contributed by atoms with Crippen LogP contribution in [0.5, 0.6) is 0 Å². The Kier molecular flexibility index (Phi) is 5.00. The third kappa shape index (κ3) is 4.04. The van der Waals surface area contributed by atoms with Gasteiger partial charge in [0.1, 0.15) is 0 Å². The number of aromatic nitrogens is 1. The van der Waals surface area contributed by atoms with Crippen LogP contribution < -0.4 is 10.7 Å². The maximum atomic E-state index is 11.9. The summed E-state index contributed by atoms with van der Waals surface area (Å²) in [6, 6.07) is 7.94. The summed E-state index contributed by atoms with van der Waals surface area (Å²) < 4.78 is 1.11. The van der Waals surface area contributed by atoms with Crippen LogP contribution in [0.4, 0.5) is 5.13 Å². The zero-order valence-electron chi connectivity index (χ0n) is 12.5. The number of rotatable bonds is 4. The molecule has 1 aromatic heterocycles. The van der Waals surface area contributed by atoms with E-state index in [9.17, 15) is 4.79 Å². The molecular formula is C16H20N4OS. The molecule has 1 heterocycles. The lowest BCUT2D eigenvalue weighted by molar-refractivity contribution is -0.119. The Balaban J connectivity index is 1.50. The van der Waals surface area contributed by atoms with Crippen molar-refractivity contribution < 1.29 is 4.79 Å². The monoisotopic (exact) mass is 316 g/mol. The molecule has 2 N–H and O–H groups in total. The van der Waals surface area contributed by atoms with Gasteiger partial charge < -0.3 is 5.32 Å². The first-order chi connectivity index (χ1) is 10.8. The first kappa shape index (κ1) is 15.0. The second kappa shape index (κ2) is 7.35. The highest BCUT2D eigenvalue weighted by Crippen LogP contribution is 2.24. The Morgan fingerprint density at radius 1 is 1.18 bits per heavy atom. The SMILES string of the molecule is O=C(CNc1nc2ccccc2s1)NN=C1CCCCCC1. The van der Waals surface area contributed by atoms with Gasteiger partial charge in [-0.25, -0.2) is 10.4 Å². The Labute approximate surface area is 133 Å². The molecule has 22 heavy (non-hydrogen) atoms. The largest absolute Gasteiger partial charge is 0.352 e. The zero-order valence-corrected chi connectivity index (χ0v) is 13.3. The average Bonchev–Trinajstić information content (AvgIpc) is 2.77. The van der Waals surface area contributed by atoms with Crippen molar-refractivity contribution in [2.24, 2.45) is 5.10 Å². The molecule has 6 heteroatoms. The van der Waals surface area contributed by atoms with Crippen molar-refractivity contribution in [2.75, 3.05) is 11.9 Å². The molecule has 1 fully saturated rings. The van der Waals surface area contributed by atoms with Crippen LogP contribution in [0.25, 0.3) is 10.2 Å². The summed E-state index contributed by atoms with van der Waals surface area (Å²) in [4.78, 5) is 16.3. The van der Waals surface area contributed by atoms with Gasteiger partial charge in [0.05, 0.1) is 16.8 Å². The molecule has 0 saturated heterocycles. The van der Waals surface area contributed by atoms with Gasteiger partial charge in [-0.1, -0.05) is 36.3 Å². The van der Waals surface area contributed by atoms with Crippen molar-refractivity contribution in [3.63, 3.8) is 0 Å². The lowest BCUT2D eigenvalue weighted by atomic mass is 10.2. The lowest BCUT2D eigenvalue weighted by Crippen LogP contribution is -2.26. The second-order valence-electron chi connectivity index (χ2n) is 5.47. The maximum Gasteiger partial charge on any atom is 0.259 e. The number of carbonyl (C=O) groups excluding carboxylic acids is 1. The van der Waals surface area contributed by atoms with E-state index in [1.165, 1.54) is 25.7 Å². The molecule has 0 spiro atoms. The van der Waals surface area contributed by atoms with E-state index in [0.717, 1.165) is 33.9 Å². The van der Waals surface area contributed by atoms with Gasteiger partial charge in [-0.15, -0.1) is 0 Å². The topological polar surface area (TPSA) is 66.4 Å². The van der Waals surface area contributed by atoms with Crippen LogP contribution in [-0.4, -0.2) is 23.1 Å². The van der Waals surface area contributed by atoms with E-state index in [-0.39, 0.29) is 12.5 Å². The van der Waals surface area contributed by atoms with Gasteiger partial charge in [0.15, 0.2) is 5.13 Å². The van der Waals surface area contributed by atoms with Crippen molar-refractivity contribution in [1.29, 1.82) is 0 Å². The number of hydrazone groups is 1. The molecule has 1 aromatic carbocycles. The highest BCUT2D eigenvalue weighted by atomic mass is 32.1. The minimum Gasteiger partial charge on any atom is -0.352 e. The highest BCUT2D eigenvalue weighted by Gasteiger charge is 2.08. The van der Waals surface area contributed by atoms with Crippen molar-refractivity contribution >= 4 is 38.3 Å². The summed E-state index contributed by atoms with van der Waals surface area (Å²) in [5.41, 5.74) is 4.72. The molecule has 5 nitrogen and oxygen atoms in total. The number of hydrogen-bond acceptors (Lipinski definition) is 5. The second-order valence-corrected chi connectivity index (χ2v) is 6.50. The van der Waals surface area contributed by atoms with Crippen LogP contribution in [0.2, 0.25) is 0 Å². The van der Waals surface area contributed by atoms with Gasteiger partial charge in [0, 0.05) is 5.71 Å². The van der Waals surface area contributed by atoms with Gasteiger partial charge >= 0.3 is 0 Å². The number of thiazole rings is 1. The molecule has 2 aromatic rings. The number of para-hydroxylation sites is 1. The van der Waals surface area contributed by atoms with E-state index in [4.69, 9.17) is 0 Å². The summed E-state index contributed by atoms with van der Waals surface area (Å²) in [6.45, 7) is 0.191. The summed E-state index contributed by atoms with van der Waals surface area (Å²) in [5.74, 6) is -0.129. The number of nitrogens with zero attached hydrogens (tertiary/aromatic N) is 2. The molecule has 1 amide bonds. The average molecular weight is 316 g/mol. The van der Waals surface area contributed by atoms with Crippen molar-refractivity contribution in [2.45, 2.75) is 38.5 Å². The van der Waals surface area contributed by atoms with Gasteiger partial charge in [-0.05, 0) is 37.8 Å². The van der Waals surface area contributed by atoms with Gasteiger partial charge in [0.2, 0.25) is 0 Å². The van der Waals surface area contributed by atoms with E-state index < -0.39 is 0 Å². The van der Waals surface area contributed by atoms with Gasteiger partial charge in [0.25, 0.3) is 5.91 Å². The first-order valence-corrected chi connectivity index (χ1v) is 8.56. The van der Waals surface area contributed by atoms with E-state index in [1.807, 2.05) is 24.3 Å². The zero-order chi connectivity index (χ0) is 15.2. The summed E-state index contributed by atoms with van der Waals surface area (Å²) in [5, 5.41) is 8.08. The number of hydrogen-bond donors (Lipinski definition) is 2. The standard InChI is InChI=1S/C16H20N4OS/c21-15(20-19-12-7-3-1-2-4-8-12)11-17-16-18-13-9-5-6-10-14(13)22-16/h5-6,9-10H,1-4,7-8,11H2,(H,17,18)(H,20,21). The normalized spacial score (nSPS) is 15.4. The Morgan fingerprint density at radius 2 is 1.95 bits per heavy atom. The number of nitrogens with one attached hydrogen (secondary N) is 2. The summed E-state index contributed by atoms with van der Waals surface area (Å²) >= 11 is 1.55. The van der Waals surface area contributed by atoms with Gasteiger partial charge in [-0.3, -0.25) is 4.79 Å². The number of fused-ring (bicyclic) bond motifs is 1. The lowest BCUT2D eigenvalue weighted by Gasteiger charge is -2.04. The van der Waals surface area contributed by atoms with Crippen LogP contribution in [0.3, 0.4) is 0 Å². The molecule has 1 saturated carbocycles. The van der Waals surface area contributed by atoms with Crippen LogP contribution >= 0.6 is 11.3 Å². The molecule has 1 aliphatic rings. The molecule has 3 rings (SSSR count). The van der Waals surface area contributed by atoms with Crippen molar-refractivity contribution in [1.82, 2.24) is 10.4 Å². The molecule has 0 unspecified atom stereocenters. The fraction of sp³-hybridized carbons (Fsp3) is 0.438. The van der Waals surface area contributed by atoms with Crippen molar-refractivity contribution in [3.8, 4) is 0 Å². The van der Waals surface area contributed by atoms with Crippen LogP contribution in [0.1, 0.15) is 38.5 Å². The fourth-order valence-electron chi connectivity index (χ4n) is 2.53. The summed E-state index contributed by atoms with van der Waals surface area (Å²) in [6.07, 6.45) is 6.91. The predicted octanol–water partition coefficient (Wildman–Crippen LogP) is 3.53. The first-order valence-electron chi connectivity index (χ1n) is 7.75. The van der Waals surface area contributed by atoms with Crippen LogP contribution in [-0.2, 0) is 4.79 Å². The number of carbonyl (C=O) groups is 1. The molecule has 1 aliphatic carbocycles. The predicted molar refractivity (Wildman–Crippen MR) is 91.4 cm³/mol. The molecule has 0 atom stereocenters. The van der Waals surface area contributed by atoms with E-state index >= 15 is 0 Å². The third-order valence-electron chi connectivity index (χ3n) is 3.71. The molecular weight excluding hydrogens is 296 g/mol. The van der Waals surface area contributed by atoms with Crippen LogP contribution in [0, 0.1) is 0 Å². The number of benzene rings is 1. The Morgan fingerprint density at radius 3 is 2.73 bits per heavy atom. The summed E-state index contributed by atoms with van der Waals surface area (Å²) in [7, 11) is 0. The van der Waals surface area contributed by atoms with Crippen LogP contribution in [0.15, 0.2) is 29.4 Å². The minimum atomic E-state index is -0.129. The highest BCUT2D eigenvalue weighted by molar-refractivity contribution is 7.22. The Hall–Kier alpha value is -1.95. The quantitative estimate of drug-likeness (QED) is 0.670. The molecule has 0 bridgehead atoms. The number of amides is 1. The Bertz CT molecular complexity index is 637. The number of anilines is 1. The molecule has 0 aliphatic heterocycles. The van der Waals surface area contributed by atoms with E-state index in [0.29, 0.717) is 0 Å². The smallest absolute Gasteiger partial charge is 0.259 e.